The summed E-state index contributed by atoms with van der Waals surface area (Å²) in [6.07, 6.45) is 1.31. The minimum absolute atomic E-state index is 0.180. The maximum absolute atomic E-state index is 11.7. The highest BCUT2D eigenvalue weighted by Gasteiger charge is 2.14. The number of aliphatic carboxylic acids is 1. The molecule has 0 aromatic rings. The van der Waals surface area contributed by atoms with Crippen molar-refractivity contribution < 1.29 is 14.7 Å². The standard InChI is InChI=1S/C13H26N2O3/c1-5-15(6-2)12(16)8-7-9-14(4)10-11(3)13(17)18/h11H,5-10H2,1-4H3,(H,17,18). The van der Waals surface area contributed by atoms with Crippen molar-refractivity contribution in [2.45, 2.75) is 33.6 Å². The lowest BCUT2D eigenvalue weighted by molar-refractivity contribution is -0.141. The number of carbonyl (C=O) groups excluding carboxylic acids is 1. The summed E-state index contributed by atoms with van der Waals surface area (Å²) in [5, 5.41) is 8.79. The van der Waals surface area contributed by atoms with E-state index in [4.69, 9.17) is 5.11 Å². The van der Waals surface area contributed by atoms with Crippen molar-refractivity contribution in [1.29, 1.82) is 0 Å². The average Bonchev–Trinajstić information content (AvgIpc) is 2.30. The van der Waals surface area contributed by atoms with Crippen molar-refractivity contribution in [3.05, 3.63) is 0 Å². The molecular weight excluding hydrogens is 232 g/mol. The third-order valence-electron chi connectivity index (χ3n) is 3.05. The first-order valence-electron chi connectivity index (χ1n) is 6.61. The van der Waals surface area contributed by atoms with Gasteiger partial charge in [0.1, 0.15) is 0 Å². The van der Waals surface area contributed by atoms with Gasteiger partial charge in [0.25, 0.3) is 0 Å². The zero-order valence-corrected chi connectivity index (χ0v) is 12.0. The summed E-state index contributed by atoms with van der Waals surface area (Å²) in [4.78, 5) is 26.2. The molecule has 0 aromatic carbocycles. The quantitative estimate of drug-likeness (QED) is 0.677. The van der Waals surface area contributed by atoms with Gasteiger partial charge in [-0.2, -0.15) is 0 Å². The number of hydrogen-bond donors (Lipinski definition) is 1. The molecule has 1 atom stereocenters. The molecule has 0 saturated heterocycles. The first-order chi connectivity index (χ1) is 8.42. The maximum Gasteiger partial charge on any atom is 0.307 e. The fourth-order valence-corrected chi connectivity index (χ4v) is 1.87. The smallest absolute Gasteiger partial charge is 0.307 e. The maximum atomic E-state index is 11.7. The zero-order chi connectivity index (χ0) is 14.1. The summed E-state index contributed by atoms with van der Waals surface area (Å²) in [5.74, 6) is -0.964. The molecule has 0 saturated carbocycles. The molecule has 0 aliphatic heterocycles. The van der Waals surface area contributed by atoms with Crippen LogP contribution < -0.4 is 0 Å². The van der Waals surface area contributed by atoms with Gasteiger partial charge in [-0.3, -0.25) is 9.59 Å². The molecule has 1 amide bonds. The van der Waals surface area contributed by atoms with Crippen molar-refractivity contribution in [3.8, 4) is 0 Å². The molecular formula is C13H26N2O3. The number of nitrogens with zero attached hydrogens (tertiary/aromatic N) is 2. The Bertz CT molecular complexity index is 265. The third-order valence-corrected chi connectivity index (χ3v) is 3.05. The van der Waals surface area contributed by atoms with Crippen molar-refractivity contribution in [2.24, 2.45) is 5.92 Å². The molecule has 18 heavy (non-hydrogen) atoms. The second-order valence-electron chi connectivity index (χ2n) is 4.67. The molecule has 0 rings (SSSR count). The fourth-order valence-electron chi connectivity index (χ4n) is 1.87. The fraction of sp³-hybridized carbons (Fsp3) is 0.846. The highest BCUT2D eigenvalue weighted by Crippen LogP contribution is 2.02. The Morgan fingerprint density at radius 3 is 2.22 bits per heavy atom. The summed E-state index contributed by atoms with van der Waals surface area (Å²) >= 11 is 0. The molecule has 0 aliphatic carbocycles. The molecule has 1 unspecified atom stereocenters. The Morgan fingerprint density at radius 1 is 1.22 bits per heavy atom. The number of hydrogen-bond acceptors (Lipinski definition) is 3. The Balaban J connectivity index is 3.83. The van der Waals surface area contributed by atoms with Gasteiger partial charge >= 0.3 is 5.97 Å². The molecule has 0 heterocycles. The minimum atomic E-state index is -0.777. The molecule has 0 fully saturated rings. The SMILES string of the molecule is CCN(CC)C(=O)CCCN(C)CC(C)C(=O)O. The largest absolute Gasteiger partial charge is 0.481 e. The van der Waals surface area contributed by atoms with E-state index in [1.165, 1.54) is 0 Å². The van der Waals surface area contributed by atoms with Crippen molar-refractivity contribution in [2.75, 3.05) is 33.2 Å². The Labute approximate surface area is 110 Å². The molecule has 0 radical (unpaired) electrons. The van der Waals surface area contributed by atoms with E-state index in [9.17, 15) is 9.59 Å². The van der Waals surface area contributed by atoms with Crippen LogP contribution in [0.3, 0.4) is 0 Å². The van der Waals surface area contributed by atoms with E-state index in [0.717, 1.165) is 26.1 Å². The van der Waals surface area contributed by atoms with Gasteiger partial charge in [-0.1, -0.05) is 6.92 Å². The van der Waals surface area contributed by atoms with Crippen LogP contribution in [0, 0.1) is 5.92 Å². The molecule has 5 nitrogen and oxygen atoms in total. The van der Waals surface area contributed by atoms with Gasteiger partial charge in [0.2, 0.25) is 5.91 Å². The van der Waals surface area contributed by atoms with Crippen LogP contribution in [0.25, 0.3) is 0 Å². The lowest BCUT2D eigenvalue weighted by Gasteiger charge is -2.21. The van der Waals surface area contributed by atoms with Gasteiger partial charge in [-0.25, -0.2) is 0 Å². The average molecular weight is 258 g/mol. The highest BCUT2D eigenvalue weighted by atomic mass is 16.4. The van der Waals surface area contributed by atoms with Crippen LogP contribution in [0.5, 0.6) is 0 Å². The summed E-state index contributed by atoms with van der Waals surface area (Å²) in [6.45, 7) is 8.42. The van der Waals surface area contributed by atoms with Gasteiger partial charge in [0.15, 0.2) is 0 Å². The van der Waals surface area contributed by atoms with Gasteiger partial charge < -0.3 is 14.9 Å². The number of carboxylic acid groups (broad SMARTS) is 1. The number of carboxylic acids is 1. The van der Waals surface area contributed by atoms with Crippen molar-refractivity contribution in [3.63, 3.8) is 0 Å². The first-order valence-corrected chi connectivity index (χ1v) is 6.61. The lowest BCUT2D eigenvalue weighted by Crippen LogP contribution is -2.32. The van der Waals surface area contributed by atoms with E-state index >= 15 is 0 Å². The number of amides is 1. The van der Waals surface area contributed by atoms with Crippen LogP contribution in [0.4, 0.5) is 0 Å². The van der Waals surface area contributed by atoms with E-state index < -0.39 is 5.97 Å². The molecule has 106 valence electrons. The van der Waals surface area contributed by atoms with Crippen LogP contribution in [-0.4, -0.2) is 60.0 Å². The summed E-state index contributed by atoms with van der Waals surface area (Å²) in [6, 6.07) is 0. The molecule has 0 aliphatic rings. The van der Waals surface area contributed by atoms with E-state index in [1.807, 2.05) is 30.7 Å². The zero-order valence-electron chi connectivity index (χ0n) is 12.0. The van der Waals surface area contributed by atoms with E-state index in [0.29, 0.717) is 13.0 Å². The second-order valence-corrected chi connectivity index (χ2v) is 4.67. The molecule has 0 bridgehead atoms. The highest BCUT2D eigenvalue weighted by molar-refractivity contribution is 5.76. The van der Waals surface area contributed by atoms with E-state index in [-0.39, 0.29) is 11.8 Å². The van der Waals surface area contributed by atoms with E-state index in [2.05, 4.69) is 0 Å². The van der Waals surface area contributed by atoms with Gasteiger partial charge in [-0.05, 0) is 33.9 Å². The van der Waals surface area contributed by atoms with Gasteiger partial charge in [0.05, 0.1) is 5.92 Å². The molecule has 0 spiro atoms. The Hall–Kier alpha value is -1.10. The molecule has 1 N–H and O–H groups in total. The topological polar surface area (TPSA) is 60.9 Å². The number of carbonyl (C=O) groups is 2. The monoisotopic (exact) mass is 258 g/mol. The van der Waals surface area contributed by atoms with Crippen LogP contribution >= 0.6 is 0 Å². The third kappa shape index (κ3) is 6.59. The second kappa shape index (κ2) is 8.91. The normalized spacial score (nSPS) is 12.5. The summed E-state index contributed by atoms with van der Waals surface area (Å²) in [7, 11) is 1.89. The predicted octanol–water partition coefficient (Wildman–Crippen LogP) is 1.29. The molecule has 0 aromatic heterocycles. The summed E-state index contributed by atoms with van der Waals surface area (Å²) < 4.78 is 0. The Kier molecular flexibility index (Phi) is 8.37. The van der Waals surface area contributed by atoms with Gasteiger partial charge in [-0.15, -0.1) is 0 Å². The van der Waals surface area contributed by atoms with Gasteiger partial charge in [0, 0.05) is 26.1 Å². The summed E-state index contributed by atoms with van der Waals surface area (Å²) in [5.41, 5.74) is 0. The van der Waals surface area contributed by atoms with Crippen LogP contribution in [0.1, 0.15) is 33.6 Å². The van der Waals surface area contributed by atoms with Crippen molar-refractivity contribution in [1.82, 2.24) is 9.80 Å². The number of rotatable bonds is 9. The predicted molar refractivity (Wildman–Crippen MR) is 71.5 cm³/mol. The molecule has 5 heteroatoms. The Morgan fingerprint density at radius 2 is 1.78 bits per heavy atom. The minimum Gasteiger partial charge on any atom is -0.481 e. The van der Waals surface area contributed by atoms with E-state index in [1.54, 1.807) is 6.92 Å². The van der Waals surface area contributed by atoms with Crippen LogP contribution in [0.2, 0.25) is 0 Å². The van der Waals surface area contributed by atoms with Crippen molar-refractivity contribution >= 4 is 11.9 Å². The first kappa shape index (κ1) is 16.9. The van der Waals surface area contributed by atoms with Crippen LogP contribution in [0.15, 0.2) is 0 Å². The van der Waals surface area contributed by atoms with Crippen LogP contribution in [-0.2, 0) is 9.59 Å². The lowest BCUT2D eigenvalue weighted by atomic mass is 10.1.